The highest BCUT2D eigenvalue weighted by atomic mass is 16.5. The molecule has 1 aliphatic heterocycles. The van der Waals surface area contributed by atoms with Crippen molar-refractivity contribution in [3.8, 4) is 23.4 Å². The molecule has 26 heavy (non-hydrogen) atoms. The van der Waals surface area contributed by atoms with Crippen LogP contribution in [0.25, 0.3) is 0 Å². The van der Waals surface area contributed by atoms with E-state index in [2.05, 4.69) is 23.2 Å². The fourth-order valence-corrected chi connectivity index (χ4v) is 3.22. The minimum atomic E-state index is -0.367. The van der Waals surface area contributed by atoms with E-state index in [4.69, 9.17) is 19.9 Å². The van der Waals surface area contributed by atoms with E-state index < -0.39 is 0 Å². The molecular weight excluding hydrogens is 332 g/mol. The largest absolute Gasteiger partial charge is 0.493 e. The van der Waals surface area contributed by atoms with E-state index in [1.54, 1.807) is 7.11 Å². The molecule has 3 rings (SSSR count). The van der Waals surface area contributed by atoms with Crippen LogP contribution in [0.4, 0.5) is 0 Å². The number of rotatable bonds is 6. The van der Waals surface area contributed by atoms with Crippen LogP contribution >= 0.6 is 0 Å². The van der Waals surface area contributed by atoms with Crippen LogP contribution in [0.1, 0.15) is 43.0 Å². The zero-order valence-electron chi connectivity index (χ0n) is 15.1. The molecule has 1 atom stereocenters. The number of fused-ring (bicyclic) bond motifs is 1. The Labute approximate surface area is 152 Å². The summed E-state index contributed by atoms with van der Waals surface area (Å²) >= 11 is 0. The maximum absolute atomic E-state index is 9.70. The lowest BCUT2D eigenvalue weighted by molar-refractivity contribution is 0.310. The van der Waals surface area contributed by atoms with Crippen LogP contribution < -0.4 is 19.9 Å². The fraction of sp³-hybridized carbons (Fsp3) is 0.368. The number of nitrogens with two attached hydrogens (primary N) is 1. The number of H-pyrrole nitrogens is 1. The van der Waals surface area contributed by atoms with Gasteiger partial charge in [-0.05, 0) is 31.0 Å². The van der Waals surface area contributed by atoms with Gasteiger partial charge in [0.15, 0.2) is 11.5 Å². The first-order chi connectivity index (χ1) is 12.6. The number of ether oxygens (including phenoxy) is 3. The number of hydrogen-bond acceptors (Lipinski definition) is 6. The predicted octanol–water partition coefficient (Wildman–Crippen LogP) is 2.99. The molecule has 0 saturated carbocycles. The summed E-state index contributed by atoms with van der Waals surface area (Å²) in [6, 6.07) is 7.83. The van der Waals surface area contributed by atoms with Gasteiger partial charge in [-0.1, -0.05) is 19.4 Å². The highest BCUT2D eigenvalue weighted by Crippen LogP contribution is 2.44. The molecule has 0 aliphatic carbocycles. The summed E-state index contributed by atoms with van der Waals surface area (Å²) in [5.74, 6) is 1.39. The molecule has 2 aromatic rings. The van der Waals surface area contributed by atoms with Crippen molar-refractivity contribution in [2.45, 2.75) is 32.6 Å². The lowest BCUT2D eigenvalue weighted by Gasteiger charge is -2.24. The van der Waals surface area contributed by atoms with E-state index in [9.17, 15) is 5.26 Å². The number of benzene rings is 1. The van der Waals surface area contributed by atoms with E-state index in [0.29, 0.717) is 29.6 Å². The van der Waals surface area contributed by atoms with Gasteiger partial charge >= 0.3 is 0 Å². The molecule has 0 fully saturated rings. The average molecular weight is 354 g/mol. The van der Waals surface area contributed by atoms with E-state index in [0.717, 1.165) is 29.7 Å². The first-order valence-corrected chi connectivity index (χ1v) is 8.59. The Hall–Kier alpha value is -3.14. The maximum atomic E-state index is 9.70. The van der Waals surface area contributed by atoms with Gasteiger partial charge in [0, 0.05) is 11.3 Å². The standard InChI is InChI=1S/C19H22N4O3/c1-4-6-13-17-16(12(10-20)18(21)26-19(17)23-22-13)11-7-8-14(24-3)15(9-11)25-5-2/h7-9,16H,4-6,21H2,1-3H3,(H,22,23)/t16-/m1/s1. The van der Waals surface area contributed by atoms with E-state index in [1.165, 1.54) is 0 Å². The second-order valence-corrected chi connectivity index (χ2v) is 5.94. The minimum Gasteiger partial charge on any atom is -0.493 e. The van der Waals surface area contributed by atoms with Crippen LogP contribution in [-0.2, 0) is 6.42 Å². The van der Waals surface area contributed by atoms with E-state index in [1.807, 2.05) is 25.1 Å². The third-order valence-corrected chi connectivity index (χ3v) is 4.34. The van der Waals surface area contributed by atoms with Crippen LogP contribution in [0, 0.1) is 11.3 Å². The second-order valence-electron chi connectivity index (χ2n) is 5.94. The van der Waals surface area contributed by atoms with Crippen molar-refractivity contribution in [1.82, 2.24) is 10.2 Å². The molecule has 0 amide bonds. The number of aromatic amines is 1. The van der Waals surface area contributed by atoms with Crippen molar-refractivity contribution in [2.75, 3.05) is 13.7 Å². The van der Waals surface area contributed by atoms with Crippen molar-refractivity contribution in [1.29, 1.82) is 5.26 Å². The second kappa shape index (κ2) is 7.40. The van der Waals surface area contributed by atoms with Gasteiger partial charge in [0.1, 0.15) is 11.6 Å². The Morgan fingerprint density at radius 1 is 1.35 bits per heavy atom. The Morgan fingerprint density at radius 3 is 2.81 bits per heavy atom. The molecule has 1 aromatic heterocycles. The van der Waals surface area contributed by atoms with Gasteiger partial charge in [-0.3, -0.25) is 5.10 Å². The lowest BCUT2D eigenvalue weighted by Crippen LogP contribution is -2.21. The predicted molar refractivity (Wildman–Crippen MR) is 96.0 cm³/mol. The highest BCUT2D eigenvalue weighted by Gasteiger charge is 2.35. The molecule has 3 N–H and O–H groups in total. The molecule has 0 radical (unpaired) electrons. The number of aryl methyl sites for hydroxylation is 1. The summed E-state index contributed by atoms with van der Waals surface area (Å²) in [6.45, 7) is 4.50. The summed E-state index contributed by atoms with van der Waals surface area (Å²) in [4.78, 5) is 0. The van der Waals surface area contributed by atoms with E-state index >= 15 is 0 Å². The number of hydrogen-bond donors (Lipinski definition) is 2. The molecule has 1 aliphatic rings. The quantitative estimate of drug-likeness (QED) is 0.826. The number of nitrogens with zero attached hydrogens (tertiary/aromatic N) is 2. The molecule has 0 spiro atoms. The van der Waals surface area contributed by atoms with Crippen molar-refractivity contribution >= 4 is 0 Å². The highest BCUT2D eigenvalue weighted by molar-refractivity contribution is 5.57. The molecule has 7 heteroatoms. The van der Waals surface area contributed by atoms with Crippen molar-refractivity contribution in [3.05, 3.63) is 46.5 Å². The number of nitrogens with one attached hydrogen (secondary N) is 1. The fourth-order valence-electron chi connectivity index (χ4n) is 3.22. The van der Waals surface area contributed by atoms with Gasteiger partial charge in [0.05, 0.1) is 19.6 Å². The summed E-state index contributed by atoms with van der Waals surface area (Å²) in [5, 5.41) is 17.0. The normalized spacial score (nSPS) is 15.8. The van der Waals surface area contributed by atoms with Gasteiger partial charge in [0.2, 0.25) is 11.8 Å². The van der Waals surface area contributed by atoms with Gasteiger partial charge in [0.25, 0.3) is 0 Å². The summed E-state index contributed by atoms with van der Waals surface area (Å²) in [6.07, 6.45) is 1.74. The van der Waals surface area contributed by atoms with Crippen LogP contribution in [0.5, 0.6) is 17.4 Å². The molecule has 0 unspecified atom stereocenters. The van der Waals surface area contributed by atoms with Crippen LogP contribution in [0.2, 0.25) is 0 Å². The smallest absolute Gasteiger partial charge is 0.244 e. The third kappa shape index (κ3) is 2.94. The Morgan fingerprint density at radius 2 is 2.15 bits per heavy atom. The number of nitriles is 1. The van der Waals surface area contributed by atoms with Crippen LogP contribution in [0.3, 0.4) is 0 Å². The first-order valence-electron chi connectivity index (χ1n) is 8.59. The first kappa shape index (κ1) is 17.7. The van der Waals surface area contributed by atoms with E-state index in [-0.39, 0.29) is 11.8 Å². The number of aromatic nitrogens is 2. The molecule has 2 heterocycles. The molecule has 0 saturated heterocycles. The summed E-state index contributed by atoms with van der Waals surface area (Å²) in [5.41, 5.74) is 9.03. The van der Waals surface area contributed by atoms with Gasteiger partial charge < -0.3 is 19.9 Å². The SMILES string of the molecule is CCCc1[nH]nc2c1[C@H](c1ccc(OC)c(OCC)c1)C(C#N)=C(N)O2. The molecule has 1 aromatic carbocycles. The van der Waals surface area contributed by atoms with Gasteiger partial charge in [-0.2, -0.15) is 5.26 Å². The molecule has 136 valence electrons. The van der Waals surface area contributed by atoms with Crippen LogP contribution in [-0.4, -0.2) is 23.9 Å². The van der Waals surface area contributed by atoms with Crippen molar-refractivity contribution in [2.24, 2.45) is 5.73 Å². The average Bonchev–Trinajstić information content (AvgIpc) is 3.03. The Bertz CT molecular complexity index is 879. The Kier molecular flexibility index (Phi) is 5.03. The summed E-state index contributed by atoms with van der Waals surface area (Å²) in [7, 11) is 1.60. The third-order valence-electron chi connectivity index (χ3n) is 4.34. The van der Waals surface area contributed by atoms with Crippen molar-refractivity contribution in [3.63, 3.8) is 0 Å². The Balaban J connectivity index is 2.18. The topological polar surface area (TPSA) is 106 Å². The number of allylic oxidation sites excluding steroid dienone is 1. The van der Waals surface area contributed by atoms with Crippen molar-refractivity contribution < 1.29 is 14.2 Å². The number of methoxy groups -OCH3 is 1. The van der Waals surface area contributed by atoms with Gasteiger partial charge in [-0.15, -0.1) is 5.10 Å². The van der Waals surface area contributed by atoms with Crippen LogP contribution in [0.15, 0.2) is 29.7 Å². The zero-order valence-corrected chi connectivity index (χ0v) is 15.1. The monoisotopic (exact) mass is 354 g/mol. The molecule has 7 nitrogen and oxygen atoms in total. The minimum absolute atomic E-state index is 0.0772. The maximum Gasteiger partial charge on any atom is 0.244 e. The zero-order chi connectivity index (χ0) is 18.7. The van der Waals surface area contributed by atoms with Gasteiger partial charge in [-0.25, -0.2) is 0 Å². The molecular formula is C19H22N4O3. The summed E-state index contributed by atoms with van der Waals surface area (Å²) < 4.78 is 16.6. The lowest BCUT2D eigenvalue weighted by atomic mass is 9.83. The molecule has 0 bridgehead atoms.